The highest BCUT2D eigenvalue weighted by Gasteiger charge is 2.21. The standard InChI is InChI=1S/C18H31NO2/c1-6-21-17-8-7-15(10-16(17)18(3,4)5)13(2)9-14(11-19)12-20/h7-8,10,13-14,20H,6,9,11-12,19H2,1-5H3. The predicted octanol–water partition coefficient (Wildman–Crippen LogP) is 3.44. The first-order chi connectivity index (χ1) is 9.83. The van der Waals surface area contributed by atoms with Crippen LogP contribution in [0.5, 0.6) is 5.75 Å². The number of rotatable bonds is 7. The Kier molecular flexibility index (Phi) is 6.69. The maximum absolute atomic E-state index is 9.32. The molecule has 1 aromatic carbocycles. The second-order valence-corrected chi connectivity index (χ2v) is 6.86. The van der Waals surface area contributed by atoms with E-state index in [1.807, 2.05) is 6.92 Å². The van der Waals surface area contributed by atoms with Crippen LogP contribution in [0.25, 0.3) is 0 Å². The summed E-state index contributed by atoms with van der Waals surface area (Å²) in [6.07, 6.45) is 0.907. The van der Waals surface area contributed by atoms with Gasteiger partial charge in [-0.2, -0.15) is 0 Å². The van der Waals surface area contributed by atoms with E-state index in [1.54, 1.807) is 0 Å². The zero-order valence-corrected chi connectivity index (χ0v) is 14.1. The van der Waals surface area contributed by atoms with Crippen molar-refractivity contribution in [2.45, 2.75) is 52.4 Å². The lowest BCUT2D eigenvalue weighted by Crippen LogP contribution is -2.20. The molecular weight excluding hydrogens is 262 g/mol. The largest absolute Gasteiger partial charge is 0.494 e. The molecular formula is C18H31NO2. The zero-order chi connectivity index (χ0) is 16.0. The van der Waals surface area contributed by atoms with E-state index in [1.165, 1.54) is 11.1 Å². The van der Waals surface area contributed by atoms with Gasteiger partial charge < -0.3 is 15.6 Å². The van der Waals surface area contributed by atoms with Crippen molar-refractivity contribution in [1.82, 2.24) is 0 Å². The summed E-state index contributed by atoms with van der Waals surface area (Å²) in [4.78, 5) is 0. The van der Waals surface area contributed by atoms with Gasteiger partial charge >= 0.3 is 0 Å². The SMILES string of the molecule is CCOc1ccc(C(C)CC(CN)CO)cc1C(C)(C)C. The van der Waals surface area contributed by atoms with Gasteiger partial charge in [-0.15, -0.1) is 0 Å². The third-order valence-electron chi connectivity index (χ3n) is 3.96. The lowest BCUT2D eigenvalue weighted by atomic mass is 9.82. The Morgan fingerprint density at radius 1 is 1.29 bits per heavy atom. The third-order valence-corrected chi connectivity index (χ3v) is 3.96. The van der Waals surface area contributed by atoms with E-state index in [2.05, 4.69) is 45.9 Å². The van der Waals surface area contributed by atoms with Crippen molar-refractivity contribution < 1.29 is 9.84 Å². The predicted molar refractivity (Wildman–Crippen MR) is 89.0 cm³/mol. The molecule has 2 unspecified atom stereocenters. The van der Waals surface area contributed by atoms with E-state index in [9.17, 15) is 5.11 Å². The Labute approximate surface area is 129 Å². The van der Waals surface area contributed by atoms with Crippen LogP contribution in [-0.2, 0) is 5.41 Å². The number of aliphatic hydroxyl groups is 1. The number of nitrogens with two attached hydrogens (primary N) is 1. The molecule has 1 rings (SSSR count). The van der Waals surface area contributed by atoms with Gasteiger partial charge in [-0.25, -0.2) is 0 Å². The fourth-order valence-electron chi connectivity index (χ4n) is 2.60. The summed E-state index contributed by atoms with van der Waals surface area (Å²) in [6, 6.07) is 6.46. The molecule has 0 heterocycles. The first-order valence-corrected chi connectivity index (χ1v) is 7.91. The highest BCUT2D eigenvalue weighted by atomic mass is 16.5. The van der Waals surface area contributed by atoms with Crippen LogP contribution in [0.4, 0.5) is 0 Å². The Hall–Kier alpha value is -1.06. The Morgan fingerprint density at radius 2 is 1.95 bits per heavy atom. The second kappa shape index (κ2) is 7.81. The molecule has 3 heteroatoms. The number of aliphatic hydroxyl groups excluding tert-OH is 1. The quantitative estimate of drug-likeness (QED) is 0.809. The molecule has 0 fully saturated rings. The maximum atomic E-state index is 9.32. The number of benzene rings is 1. The van der Waals surface area contributed by atoms with Crippen LogP contribution in [0.3, 0.4) is 0 Å². The van der Waals surface area contributed by atoms with Crippen molar-refractivity contribution in [3.8, 4) is 5.75 Å². The van der Waals surface area contributed by atoms with E-state index in [-0.39, 0.29) is 17.9 Å². The number of ether oxygens (including phenoxy) is 1. The van der Waals surface area contributed by atoms with Crippen molar-refractivity contribution in [3.63, 3.8) is 0 Å². The van der Waals surface area contributed by atoms with Crippen molar-refractivity contribution in [2.75, 3.05) is 19.8 Å². The summed E-state index contributed by atoms with van der Waals surface area (Å²) in [7, 11) is 0. The molecule has 0 bridgehead atoms. The van der Waals surface area contributed by atoms with Gasteiger partial charge in [0.2, 0.25) is 0 Å². The van der Waals surface area contributed by atoms with Crippen LogP contribution < -0.4 is 10.5 Å². The Morgan fingerprint density at radius 3 is 2.43 bits per heavy atom. The zero-order valence-electron chi connectivity index (χ0n) is 14.1. The molecule has 0 amide bonds. The summed E-state index contributed by atoms with van der Waals surface area (Å²) in [6.45, 7) is 12.2. The summed E-state index contributed by atoms with van der Waals surface area (Å²) < 4.78 is 5.76. The van der Waals surface area contributed by atoms with E-state index in [0.29, 0.717) is 19.1 Å². The molecule has 0 aliphatic rings. The molecule has 3 nitrogen and oxygen atoms in total. The molecule has 0 aliphatic carbocycles. The molecule has 0 aromatic heterocycles. The average Bonchev–Trinajstić information content (AvgIpc) is 2.44. The summed E-state index contributed by atoms with van der Waals surface area (Å²) in [5.41, 5.74) is 8.26. The van der Waals surface area contributed by atoms with Crippen molar-refractivity contribution in [2.24, 2.45) is 11.7 Å². The van der Waals surface area contributed by atoms with Gasteiger partial charge in [-0.05, 0) is 54.3 Å². The number of hydrogen-bond acceptors (Lipinski definition) is 3. The topological polar surface area (TPSA) is 55.5 Å². The Bertz CT molecular complexity index is 433. The van der Waals surface area contributed by atoms with E-state index in [0.717, 1.165) is 12.2 Å². The van der Waals surface area contributed by atoms with Gasteiger partial charge in [-0.3, -0.25) is 0 Å². The van der Waals surface area contributed by atoms with Gasteiger partial charge in [0.1, 0.15) is 5.75 Å². The summed E-state index contributed by atoms with van der Waals surface area (Å²) >= 11 is 0. The molecule has 0 radical (unpaired) electrons. The highest BCUT2D eigenvalue weighted by molar-refractivity contribution is 5.42. The second-order valence-electron chi connectivity index (χ2n) is 6.86. The van der Waals surface area contributed by atoms with Crippen molar-refractivity contribution >= 4 is 0 Å². The summed E-state index contributed by atoms with van der Waals surface area (Å²) in [5.74, 6) is 1.52. The lowest BCUT2D eigenvalue weighted by Gasteiger charge is -2.25. The minimum absolute atomic E-state index is 0.0461. The monoisotopic (exact) mass is 293 g/mol. The fraction of sp³-hybridized carbons (Fsp3) is 0.667. The molecule has 0 spiro atoms. The first-order valence-electron chi connectivity index (χ1n) is 7.91. The molecule has 120 valence electrons. The van der Waals surface area contributed by atoms with E-state index < -0.39 is 0 Å². The summed E-state index contributed by atoms with van der Waals surface area (Å²) in [5, 5.41) is 9.32. The Balaban J connectivity index is 3.04. The van der Waals surface area contributed by atoms with E-state index in [4.69, 9.17) is 10.5 Å². The van der Waals surface area contributed by atoms with Gasteiger partial charge in [0.05, 0.1) is 6.61 Å². The van der Waals surface area contributed by atoms with Crippen LogP contribution in [0.15, 0.2) is 18.2 Å². The fourth-order valence-corrected chi connectivity index (χ4v) is 2.60. The van der Waals surface area contributed by atoms with Crippen molar-refractivity contribution in [1.29, 1.82) is 0 Å². The lowest BCUT2D eigenvalue weighted by molar-refractivity contribution is 0.217. The third kappa shape index (κ3) is 5.01. The molecule has 1 aromatic rings. The van der Waals surface area contributed by atoms with Crippen LogP contribution in [0, 0.1) is 5.92 Å². The molecule has 3 N–H and O–H groups in total. The van der Waals surface area contributed by atoms with Crippen LogP contribution in [0.1, 0.15) is 58.1 Å². The minimum Gasteiger partial charge on any atom is -0.494 e. The molecule has 0 saturated heterocycles. The van der Waals surface area contributed by atoms with Crippen molar-refractivity contribution in [3.05, 3.63) is 29.3 Å². The number of hydrogen-bond donors (Lipinski definition) is 2. The van der Waals surface area contributed by atoms with Crippen LogP contribution >= 0.6 is 0 Å². The molecule has 0 saturated carbocycles. The normalized spacial score (nSPS) is 14.8. The minimum atomic E-state index is 0.0461. The first kappa shape index (κ1) is 18.0. The van der Waals surface area contributed by atoms with Crippen LogP contribution in [-0.4, -0.2) is 24.9 Å². The highest BCUT2D eigenvalue weighted by Crippen LogP contribution is 2.35. The molecule has 0 aliphatic heterocycles. The average molecular weight is 293 g/mol. The molecule has 21 heavy (non-hydrogen) atoms. The van der Waals surface area contributed by atoms with Gasteiger partial charge in [0.25, 0.3) is 0 Å². The van der Waals surface area contributed by atoms with Gasteiger partial charge in [-0.1, -0.05) is 39.8 Å². The van der Waals surface area contributed by atoms with E-state index >= 15 is 0 Å². The maximum Gasteiger partial charge on any atom is 0.123 e. The smallest absolute Gasteiger partial charge is 0.123 e. The van der Waals surface area contributed by atoms with Crippen LogP contribution in [0.2, 0.25) is 0 Å². The van der Waals surface area contributed by atoms with Gasteiger partial charge in [0.15, 0.2) is 0 Å². The molecule has 2 atom stereocenters. The van der Waals surface area contributed by atoms with Gasteiger partial charge in [0, 0.05) is 6.61 Å².